The van der Waals surface area contributed by atoms with Crippen LogP contribution in [0.25, 0.3) is 0 Å². The fourth-order valence-electron chi connectivity index (χ4n) is 2.83. The van der Waals surface area contributed by atoms with Gasteiger partial charge in [-0.25, -0.2) is 13.1 Å². The minimum absolute atomic E-state index is 0.0139. The van der Waals surface area contributed by atoms with Crippen molar-refractivity contribution in [1.82, 2.24) is 9.71 Å². The van der Waals surface area contributed by atoms with E-state index in [1.54, 1.807) is 0 Å². The van der Waals surface area contributed by atoms with Crippen molar-refractivity contribution >= 4 is 10.0 Å². The van der Waals surface area contributed by atoms with Crippen LogP contribution in [0.1, 0.15) is 45.4 Å². The second-order valence-electron chi connectivity index (χ2n) is 5.52. The average molecular weight is 298 g/mol. The van der Waals surface area contributed by atoms with Crippen LogP contribution in [0, 0.1) is 5.92 Å². The summed E-state index contributed by atoms with van der Waals surface area (Å²) in [6.45, 7) is 2.19. The molecule has 0 saturated heterocycles. The fourth-order valence-corrected chi connectivity index (χ4v) is 4.10. The van der Waals surface area contributed by atoms with Gasteiger partial charge in [0.05, 0.1) is 4.90 Å². The van der Waals surface area contributed by atoms with Crippen molar-refractivity contribution in [3.05, 3.63) is 28.7 Å². The number of rotatable bonds is 5. The molecule has 1 aliphatic carbocycles. The maximum absolute atomic E-state index is 12.2. The largest absolute Gasteiger partial charge is 0.328 e. The van der Waals surface area contributed by atoms with Crippen LogP contribution < -0.4 is 10.3 Å². The number of nitrogens with one attached hydrogen (secondary N) is 2. The highest BCUT2D eigenvalue weighted by molar-refractivity contribution is 7.89. The van der Waals surface area contributed by atoms with Crippen molar-refractivity contribution in [2.75, 3.05) is 0 Å². The Hall–Kier alpha value is -1.14. The first-order chi connectivity index (χ1) is 9.51. The van der Waals surface area contributed by atoms with Gasteiger partial charge in [-0.05, 0) is 37.7 Å². The zero-order valence-corrected chi connectivity index (χ0v) is 12.6. The van der Waals surface area contributed by atoms with E-state index in [2.05, 4.69) is 16.6 Å². The van der Waals surface area contributed by atoms with Gasteiger partial charge >= 0.3 is 0 Å². The van der Waals surface area contributed by atoms with Crippen LogP contribution in [0.15, 0.2) is 28.0 Å². The first kappa shape index (κ1) is 15.3. The van der Waals surface area contributed by atoms with Gasteiger partial charge in [0.15, 0.2) is 0 Å². The van der Waals surface area contributed by atoms with E-state index in [9.17, 15) is 13.2 Å². The van der Waals surface area contributed by atoms with E-state index >= 15 is 0 Å². The fraction of sp³-hybridized carbons (Fsp3) is 0.643. The lowest BCUT2D eigenvalue weighted by Gasteiger charge is -2.28. The molecule has 112 valence electrons. The molecular weight excluding hydrogens is 276 g/mol. The first-order valence-corrected chi connectivity index (χ1v) is 8.70. The molecule has 2 rings (SSSR count). The lowest BCUT2D eigenvalue weighted by molar-refractivity contribution is 0.297. The third-order valence-electron chi connectivity index (χ3n) is 3.93. The Bertz CT molecular complexity index is 566. The molecule has 0 unspecified atom stereocenters. The van der Waals surface area contributed by atoms with Crippen LogP contribution in [0.4, 0.5) is 0 Å². The van der Waals surface area contributed by atoms with Crippen molar-refractivity contribution in [2.45, 2.75) is 56.4 Å². The van der Waals surface area contributed by atoms with Gasteiger partial charge in [0.2, 0.25) is 15.6 Å². The molecule has 0 aliphatic heterocycles. The second-order valence-corrected chi connectivity index (χ2v) is 7.23. The number of aromatic amines is 1. The third kappa shape index (κ3) is 3.93. The van der Waals surface area contributed by atoms with Crippen molar-refractivity contribution in [2.24, 2.45) is 5.92 Å². The van der Waals surface area contributed by atoms with Gasteiger partial charge in [-0.1, -0.05) is 19.8 Å². The molecule has 2 N–H and O–H groups in total. The van der Waals surface area contributed by atoms with Crippen LogP contribution in [0.2, 0.25) is 0 Å². The van der Waals surface area contributed by atoms with Gasteiger partial charge in [0, 0.05) is 18.3 Å². The van der Waals surface area contributed by atoms with Crippen molar-refractivity contribution < 1.29 is 8.42 Å². The normalized spacial score (nSPS) is 23.6. The molecular formula is C14H22N2O3S. The summed E-state index contributed by atoms with van der Waals surface area (Å²) < 4.78 is 27.1. The van der Waals surface area contributed by atoms with Gasteiger partial charge in [-0.2, -0.15) is 0 Å². The monoisotopic (exact) mass is 298 g/mol. The summed E-state index contributed by atoms with van der Waals surface area (Å²) in [5, 5.41) is 0. The van der Waals surface area contributed by atoms with Crippen molar-refractivity contribution in [1.29, 1.82) is 0 Å². The van der Waals surface area contributed by atoms with Crippen molar-refractivity contribution in [3.63, 3.8) is 0 Å². The van der Waals surface area contributed by atoms with E-state index in [1.165, 1.54) is 31.2 Å². The zero-order chi connectivity index (χ0) is 14.6. The molecule has 6 heteroatoms. The number of sulfonamides is 1. The summed E-state index contributed by atoms with van der Waals surface area (Å²) in [6.07, 6.45) is 7.64. The van der Waals surface area contributed by atoms with E-state index in [0.29, 0.717) is 0 Å². The summed E-state index contributed by atoms with van der Waals surface area (Å²) in [4.78, 5) is 13.5. The highest BCUT2D eigenvalue weighted by Gasteiger charge is 2.25. The SMILES string of the molecule is CCCC1CCC(NS(=O)(=O)c2ccc(=O)[nH]c2)CC1. The molecule has 1 heterocycles. The van der Waals surface area contributed by atoms with E-state index in [0.717, 1.165) is 31.6 Å². The Balaban J connectivity index is 1.96. The molecule has 1 aromatic rings. The minimum atomic E-state index is -3.53. The van der Waals surface area contributed by atoms with E-state index in [-0.39, 0.29) is 16.5 Å². The molecule has 0 amide bonds. The zero-order valence-electron chi connectivity index (χ0n) is 11.8. The molecule has 0 radical (unpaired) electrons. The Morgan fingerprint density at radius 1 is 1.25 bits per heavy atom. The summed E-state index contributed by atoms with van der Waals surface area (Å²) in [7, 11) is -3.53. The number of pyridine rings is 1. The molecule has 0 atom stereocenters. The highest BCUT2D eigenvalue weighted by atomic mass is 32.2. The average Bonchev–Trinajstić information content (AvgIpc) is 2.41. The number of hydrogen-bond acceptors (Lipinski definition) is 3. The van der Waals surface area contributed by atoms with E-state index in [1.807, 2.05) is 0 Å². The third-order valence-corrected chi connectivity index (χ3v) is 5.45. The molecule has 20 heavy (non-hydrogen) atoms. The summed E-state index contributed by atoms with van der Waals surface area (Å²) >= 11 is 0. The van der Waals surface area contributed by atoms with Gasteiger partial charge in [-0.3, -0.25) is 4.79 Å². The van der Waals surface area contributed by atoms with Crippen LogP contribution in [0.3, 0.4) is 0 Å². The molecule has 1 aliphatic rings. The molecule has 1 aromatic heterocycles. The smallest absolute Gasteiger partial charge is 0.247 e. The number of aromatic nitrogens is 1. The van der Waals surface area contributed by atoms with Crippen LogP contribution in [-0.4, -0.2) is 19.4 Å². The quantitative estimate of drug-likeness (QED) is 0.872. The van der Waals surface area contributed by atoms with E-state index < -0.39 is 10.0 Å². The minimum Gasteiger partial charge on any atom is -0.328 e. The Labute approximate surface area is 119 Å². The van der Waals surface area contributed by atoms with Crippen LogP contribution >= 0.6 is 0 Å². The van der Waals surface area contributed by atoms with Gasteiger partial charge in [0.25, 0.3) is 0 Å². The van der Waals surface area contributed by atoms with Crippen molar-refractivity contribution in [3.8, 4) is 0 Å². The number of H-pyrrole nitrogens is 1. The predicted octanol–water partition coefficient (Wildman–Crippen LogP) is 2.01. The van der Waals surface area contributed by atoms with Crippen LogP contribution in [-0.2, 0) is 10.0 Å². The Morgan fingerprint density at radius 2 is 1.95 bits per heavy atom. The van der Waals surface area contributed by atoms with Gasteiger partial charge < -0.3 is 4.98 Å². The first-order valence-electron chi connectivity index (χ1n) is 7.22. The highest BCUT2D eigenvalue weighted by Crippen LogP contribution is 2.28. The lowest BCUT2D eigenvalue weighted by atomic mass is 9.84. The van der Waals surface area contributed by atoms with Gasteiger partial charge in [0.1, 0.15) is 0 Å². The molecule has 0 spiro atoms. The summed E-state index contributed by atoms with van der Waals surface area (Å²) in [5.41, 5.74) is -0.302. The molecule has 0 bridgehead atoms. The van der Waals surface area contributed by atoms with Crippen LogP contribution in [0.5, 0.6) is 0 Å². The predicted molar refractivity (Wildman–Crippen MR) is 78.0 cm³/mol. The summed E-state index contributed by atoms with van der Waals surface area (Å²) in [6, 6.07) is 2.58. The number of hydrogen-bond donors (Lipinski definition) is 2. The Kier molecular flexibility index (Phi) is 4.99. The molecule has 0 aromatic carbocycles. The lowest BCUT2D eigenvalue weighted by Crippen LogP contribution is -2.37. The molecule has 1 fully saturated rings. The van der Waals surface area contributed by atoms with E-state index in [4.69, 9.17) is 0 Å². The maximum Gasteiger partial charge on any atom is 0.247 e. The standard InChI is InChI=1S/C14H22N2O3S/c1-2-3-11-4-6-12(7-5-11)16-20(18,19)13-8-9-14(17)15-10-13/h8-12,16H,2-7H2,1H3,(H,15,17). The van der Waals surface area contributed by atoms with Gasteiger partial charge in [-0.15, -0.1) is 0 Å². The second kappa shape index (κ2) is 6.54. The molecule has 5 nitrogen and oxygen atoms in total. The maximum atomic E-state index is 12.2. The topological polar surface area (TPSA) is 79.0 Å². The Morgan fingerprint density at radius 3 is 2.50 bits per heavy atom. The molecule has 1 saturated carbocycles. The summed E-state index contributed by atoms with van der Waals surface area (Å²) in [5.74, 6) is 0.744.